The highest BCUT2D eigenvalue weighted by atomic mass is 35.5. The molecule has 0 spiro atoms. The molecule has 0 saturated heterocycles. The Morgan fingerprint density at radius 2 is 1.91 bits per heavy atom. The number of carbonyl (C=O) groups is 1. The van der Waals surface area contributed by atoms with Gasteiger partial charge in [0, 0.05) is 28.0 Å². The van der Waals surface area contributed by atoms with Gasteiger partial charge in [-0.3, -0.25) is 4.79 Å². The molecule has 2 aromatic carbocycles. The summed E-state index contributed by atoms with van der Waals surface area (Å²) in [5.74, 6) is -0.0387. The Morgan fingerprint density at radius 1 is 1.15 bits per heavy atom. The fourth-order valence-corrected chi connectivity index (χ4v) is 4.60. The highest BCUT2D eigenvalue weighted by Crippen LogP contribution is 2.35. The van der Waals surface area contributed by atoms with Crippen molar-refractivity contribution in [3.05, 3.63) is 98.8 Å². The lowest BCUT2D eigenvalue weighted by Gasteiger charge is -2.20. The van der Waals surface area contributed by atoms with Gasteiger partial charge in [0.1, 0.15) is 6.10 Å². The lowest BCUT2D eigenvalue weighted by molar-refractivity contribution is 0.0286. The minimum atomic E-state index is -0.534. The van der Waals surface area contributed by atoms with Crippen molar-refractivity contribution in [2.45, 2.75) is 38.8 Å². The van der Waals surface area contributed by atoms with E-state index in [1.54, 1.807) is 23.6 Å². The van der Waals surface area contributed by atoms with Gasteiger partial charge in [-0.25, -0.2) is 9.78 Å². The highest BCUT2D eigenvalue weighted by molar-refractivity contribution is 6.17. The van der Waals surface area contributed by atoms with Gasteiger partial charge in [-0.05, 0) is 49.2 Å². The molecule has 0 saturated carbocycles. The van der Waals surface area contributed by atoms with Gasteiger partial charge >= 0.3 is 5.97 Å². The summed E-state index contributed by atoms with van der Waals surface area (Å²) >= 11 is 5.84. The molecule has 5 rings (SSSR count). The highest BCUT2D eigenvalue weighted by Gasteiger charge is 2.27. The third kappa shape index (κ3) is 3.72. The summed E-state index contributed by atoms with van der Waals surface area (Å²) in [6, 6.07) is 19.0. The molecule has 1 aliphatic rings. The van der Waals surface area contributed by atoms with Crippen molar-refractivity contribution >= 4 is 28.5 Å². The zero-order valence-electron chi connectivity index (χ0n) is 18.5. The van der Waals surface area contributed by atoms with Gasteiger partial charge < -0.3 is 9.30 Å². The van der Waals surface area contributed by atoms with Crippen LogP contribution < -0.4 is 5.56 Å². The van der Waals surface area contributed by atoms with Crippen molar-refractivity contribution in [2.75, 3.05) is 0 Å². The molecule has 0 N–H and O–H groups in total. The van der Waals surface area contributed by atoms with Gasteiger partial charge in [0.2, 0.25) is 0 Å². The molecule has 33 heavy (non-hydrogen) atoms. The maximum Gasteiger partial charge on any atom is 0.338 e. The van der Waals surface area contributed by atoms with E-state index in [1.807, 2.05) is 49.4 Å². The summed E-state index contributed by atoms with van der Waals surface area (Å²) in [6.07, 6.45) is 0.0149. The van der Waals surface area contributed by atoms with E-state index in [9.17, 15) is 9.59 Å². The van der Waals surface area contributed by atoms with Gasteiger partial charge in [0.05, 0.1) is 29.0 Å². The van der Waals surface area contributed by atoms with Gasteiger partial charge in [-0.15, -0.1) is 11.6 Å². The predicted octanol–water partition coefficient (Wildman–Crippen LogP) is 5.78. The number of rotatable bonds is 5. The van der Waals surface area contributed by atoms with Crippen LogP contribution in [0.1, 0.15) is 52.1 Å². The standard InChI is InChI=1S/C27H23ClN2O3/c1-3-24(33-27(32)18-10-8-17(14-28)9-11-18)21-13-23-25-20(15-30(23)26(31)16(21)2)12-19-6-4-5-7-22(19)29-25/h4-13,24H,3,14-15H2,1-2H3. The summed E-state index contributed by atoms with van der Waals surface area (Å²) in [5, 5.41) is 1.05. The van der Waals surface area contributed by atoms with Crippen LogP contribution in [-0.2, 0) is 17.2 Å². The first-order valence-electron chi connectivity index (χ1n) is 11.0. The van der Waals surface area contributed by atoms with Gasteiger partial charge in [-0.1, -0.05) is 37.3 Å². The van der Waals surface area contributed by atoms with Crippen molar-refractivity contribution in [3.8, 4) is 11.4 Å². The Morgan fingerprint density at radius 3 is 2.64 bits per heavy atom. The first kappa shape index (κ1) is 21.4. The van der Waals surface area contributed by atoms with Crippen LogP contribution in [0.2, 0.25) is 0 Å². The smallest absolute Gasteiger partial charge is 0.338 e. The Kier molecular flexibility index (Phi) is 5.51. The van der Waals surface area contributed by atoms with Crippen LogP contribution in [0.4, 0.5) is 0 Å². The lowest BCUT2D eigenvalue weighted by atomic mass is 10.0. The quantitative estimate of drug-likeness (QED) is 0.247. The van der Waals surface area contributed by atoms with Crippen LogP contribution in [0.5, 0.6) is 0 Å². The zero-order chi connectivity index (χ0) is 23.1. The topological polar surface area (TPSA) is 61.2 Å². The Hall–Kier alpha value is -3.44. The second kappa shape index (κ2) is 8.49. The molecule has 0 bridgehead atoms. The fourth-order valence-electron chi connectivity index (χ4n) is 4.42. The van der Waals surface area contributed by atoms with E-state index in [-0.39, 0.29) is 5.56 Å². The van der Waals surface area contributed by atoms with E-state index in [2.05, 4.69) is 6.07 Å². The van der Waals surface area contributed by atoms with Gasteiger partial charge in [-0.2, -0.15) is 0 Å². The number of hydrogen-bond acceptors (Lipinski definition) is 4. The first-order chi connectivity index (χ1) is 16.0. The average Bonchev–Trinajstić information content (AvgIpc) is 3.20. The van der Waals surface area contributed by atoms with E-state index in [1.165, 1.54) is 0 Å². The molecular formula is C27H23ClN2O3. The minimum absolute atomic E-state index is 0.0782. The number of hydrogen-bond donors (Lipinski definition) is 0. The molecule has 1 atom stereocenters. The molecule has 0 radical (unpaired) electrons. The summed E-state index contributed by atoms with van der Waals surface area (Å²) in [6.45, 7) is 4.23. The van der Waals surface area contributed by atoms with E-state index >= 15 is 0 Å². The van der Waals surface area contributed by atoms with Crippen LogP contribution in [0.3, 0.4) is 0 Å². The van der Waals surface area contributed by atoms with Crippen molar-refractivity contribution in [3.63, 3.8) is 0 Å². The number of para-hydroxylation sites is 1. The molecule has 2 aromatic heterocycles. The normalized spacial score (nSPS) is 12.9. The van der Waals surface area contributed by atoms with Crippen molar-refractivity contribution < 1.29 is 9.53 Å². The van der Waals surface area contributed by atoms with Crippen molar-refractivity contribution in [1.82, 2.24) is 9.55 Å². The molecule has 4 aromatic rings. The molecule has 166 valence electrons. The summed E-state index contributed by atoms with van der Waals surface area (Å²) in [7, 11) is 0. The van der Waals surface area contributed by atoms with Gasteiger partial charge in [0.25, 0.3) is 5.56 Å². The minimum Gasteiger partial charge on any atom is -0.454 e. The fraction of sp³-hybridized carbons (Fsp3) is 0.222. The van der Waals surface area contributed by atoms with Gasteiger partial charge in [0.15, 0.2) is 0 Å². The molecule has 5 nitrogen and oxygen atoms in total. The van der Waals surface area contributed by atoms with E-state index < -0.39 is 12.1 Å². The largest absolute Gasteiger partial charge is 0.454 e. The first-order valence-corrected chi connectivity index (χ1v) is 11.5. The van der Waals surface area contributed by atoms with E-state index in [4.69, 9.17) is 21.3 Å². The number of nitrogens with zero attached hydrogens (tertiary/aromatic N) is 2. The number of aromatic nitrogens is 2. The van der Waals surface area contributed by atoms with Crippen LogP contribution in [0.15, 0.2) is 65.5 Å². The predicted molar refractivity (Wildman–Crippen MR) is 130 cm³/mol. The molecule has 0 fully saturated rings. The second-order valence-corrected chi connectivity index (χ2v) is 8.59. The summed E-state index contributed by atoms with van der Waals surface area (Å²) in [4.78, 5) is 30.9. The monoisotopic (exact) mass is 458 g/mol. The van der Waals surface area contributed by atoms with Crippen LogP contribution >= 0.6 is 11.6 Å². The van der Waals surface area contributed by atoms with Crippen LogP contribution in [0, 0.1) is 6.92 Å². The average molecular weight is 459 g/mol. The molecule has 6 heteroatoms. The van der Waals surface area contributed by atoms with Crippen LogP contribution in [0.25, 0.3) is 22.3 Å². The third-order valence-corrected chi connectivity index (χ3v) is 6.58. The van der Waals surface area contributed by atoms with E-state index in [0.29, 0.717) is 30.0 Å². The SMILES string of the molecule is CCC(OC(=O)c1ccc(CCl)cc1)c1cc2n(c(=O)c1C)Cc1cc3ccccc3nc1-2. The molecule has 1 unspecified atom stereocenters. The summed E-state index contributed by atoms with van der Waals surface area (Å²) < 4.78 is 7.62. The zero-order valence-corrected chi connectivity index (χ0v) is 19.2. The third-order valence-electron chi connectivity index (χ3n) is 6.27. The maximum atomic E-state index is 13.3. The number of benzene rings is 2. The Labute approximate surface area is 196 Å². The maximum absolute atomic E-state index is 13.3. The Balaban J connectivity index is 1.53. The number of pyridine rings is 2. The van der Waals surface area contributed by atoms with E-state index in [0.717, 1.165) is 39.0 Å². The number of halogens is 1. The Bertz CT molecular complexity index is 1440. The molecule has 0 aliphatic carbocycles. The number of fused-ring (bicyclic) bond motifs is 4. The molecular weight excluding hydrogens is 436 g/mol. The van der Waals surface area contributed by atoms with Crippen molar-refractivity contribution in [1.29, 1.82) is 0 Å². The summed E-state index contributed by atoms with van der Waals surface area (Å²) in [5.41, 5.74) is 6.11. The lowest BCUT2D eigenvalue weighted by Crippen LogP contribution is -2.25. The second-order valence-electron chi connectivity index (χ2n) is 8.32. The molecule has 0 amide bonds. The van der Waals surface area contributed by atoms with Crippen molar-refractivity contribution in [2.24, 2.45) is 0 Å². The number of carbonyl (C=O) groups excluding carboxylic acids is 1. The molecule has 3 heterocycles. The number of esters is 1. The number of ether oxygens (including phenoxy) is 1. The van der Waals surface area contributed by atoms with Crippen LogP contribution in [-0.4, -0.2) is 15.5 Å². The molecule has 1 aliphatic heterocycles. The number of alkyl halides is 1.